The Morgan fingerprint density at radius 1 is 1.03 bits per heavy atom. The number of carbonyl (C=O) groups excluding carboxylic acids is 1. The molecule has 0 aliphatic carbocycles. The molecule has 0 aliphatic rings. The van der Waals surface area contributed by atoms with Gasteiger partial charge in [0.25, 0.3) is 5.91 Å². The van der Waals surface area contributed by atoms with E-state index >= 15 is 0 Å². The molecule has 0 saturated carbocycles. The lowest BCUT2D eigenvalue weighted by atomic mass is 9.87. The third kappa shape index (κ3) is 6.25. The molecule has 8 heteroatoms. The number of benzene rings is 3. The first-order valence-electron chi connectivity index (χ1n) is 11.4. The van der Waals surface area contributed by atoms with E-state index in [-0.39, 0.29) is 39.3 Å². The van der Waals surface area contributed by atoms with Gasteiger partial charge in [-0.05, 0) is 52.9 Å². The third-order valence-electron chi connectivity index (χ3n) is 5.65. The van der Waals surface area contributed by atoms with Crippen molar-refractivity contribution in [2.75, 3.05) is 5.32 Å². The van der Waals surface area contributed by atoms with Gasteiger partial charge < -0.3 is 10.1 Å². The predicted octanol–water partition coefficient (Wildman–Crippen LogP) is 7.51. The van der Waals surface area contributed by atoms with Crippen LogP contribution in [0.25, 0.3) is 0 Å². The summed E-state index contributed by atoms with van der Waals surface area (Å²) in [6.45, 7) is 6.88. The average molecular weight is 526 g/mol. The molecular weight excluding hydrogens is 500 g/mol. The molecule has 4 rings (SSSR count). The molecule has 0 bridgehead atoms. The van der Waals surface area contributed by atoms with Crippen LogP contribution >= 0.6 is 23.2 Å². The second kappa shape index (κ2) is 10.7. The predicted molar refractivity (Wildman–Crippen MR) is 142 cm³/mol. The summed E-state index contributed by atoms with van der Waals surface area (Å²) in [6, 6.07) is 19.6. The highest BCUT2D eigenvalue weighted by molar-refractivity contribution is 6.33. The fraction of sp³-hybridized carbons (Fsp3) is 0.214. The number of amides is 1. The van der Waals surface area contributed by atoms with Gasteiger partial charge in [0.1, 0.15) is 23.2 Å². The van der Waals surface area contributed by atoms with Crippen molar-refractivity contribution in [1.29, 1.82) is 0 Å². The SMILES string of the molecule is CC(C)(C)c1ccc(OCc2cccc(C(=O)Nc3nn(Cc4c(F)cccc4Cl)cc3Cl)c2)cc1. The molecule has 0 unspecified atom stereocenters. The molecule has 0 fully saturated rings. The van der Waals surface area contributed by atoms with Crippen molar-refractivity contribution >= 4 is 34.9 Å². The Morgan fingerprint density at radius 2 is 1.75 bits per heavy atom. The van der Waals surface area contributed by atoms with Crippen molar-refractivity contribution in [3.8, 4) is 5.75 Å². The number of nitrogens with zero attached hydrogens (tertiary/aromatic N) is 2. The number of nitrogens with one attached hydrogen (secondary N) is 1. The van der Waals surface area contributed by atoms with Crippen molar-refractivity contribution < 1.29 is 13.9 Å². The van der Waals surface area contributed by atoms with Gasteiger partial charge in [0.2, 0.25) is 0 Å². The van der Waals surface area contributed by atoms with Crippen molar-refractivity contribution in [2.24, 2.45) is 0 Å². The first-order chi connectivity index (χ1) is 17.1. The normalized spacial score (nSPS) is 11.4. The lowest BCUT2D eigenvalue weighted by molar-refractivity contribution is 0.102. The molecule has 0 saturated heterocycles. The lowest BCUT2D eigenvalue weighted by Crippen LogP contribution is -2.14. The molecule has 186 valence electrons. The van der Waals surface area contributed by atoms with Gasteiger partial charge in [0.05, 0.1) is 6.54 Å². The molecule has 5 nitrogen and oxygen atoms in total. The zero-order chi connectivity index (χ0) is 25.9. The van der Waals surface area contributed by atoms with Crippen LogP contribution in [0.5, 0.6) is 5.75 Å². The molecule has 3 aromatic carbocycles. The number of aromatic nitrogens is 2. The maximum absolute atomic E-state index is 14.1. The summed E-state index contributed by atoms with van der Waals surface area (Å²) in [5, 5.41) is 7.51. The largest absolute Gasteiger partial charge is 0.489 e. The Balaban J connectivity index is 1.40. The number of ether oxygens (including phenoxy) is 1. The Bertz CT molecular complexity index is 1360. The first-order valence-corrected chi connectivity index (χ1v) is 12.2. The lowest BCUT2D eigenvalue weighted by Gasteiger charge is -2.19. The number of anilines is 1. The zero-order valence-corrected chi connectivity index (χ0v) is 21.7. The van der Waals surface area contributed by atoms with Gasteiger partial charge in [-0.1, -0.05) is 74.3 Å². The second-order valence-corrected chi connectivity index (χ2v) is 10.3. The molecular formula is C28H26Cl2FN3O2. The molecule has 36 heavy (non-hydrogen) atoms. The Morgan fingerprint density at radius 3 is 2.44 bits per heavy atom. The number of hydrogen-bond acceptors (Lipinski definition) is 3. The minimum atomic E-state index is -0.441. The summed E-state index contributed by atoms with van der Waals surface area (Å²) < 4.78 is 21.4. The van der Waals surface area contributed by atoms with Crippen molar-refractivity contribution in [3.05, 3.63) is 111 Å². The van der Waals surface area contributed by atoms with Gasteiger partial charge in [-0.15, -0.1) is 0 Å². The van der Waals surface area contributed by atoms with Gasteiger partial charge in [0, 0.05) is 22.3 Å². The van der Waals surface area contributed by atoms with Crippen molar-refractivity contribution in [1.82, 2.24) is 9.78 Å². The van der Waals surface area contributed by atoms with E-state index in [0.717, 1.165) is 11.3 Å². The summed E-state index contributed by atoms with van der Waals surface area (Å²) in [5.74, 6) is 0.117. The Labute approximate surface area is 219 Å². The third-order valence-corrected chi connectivity index (χ3v) is 6.28. The molecule has 0 aliphatic heterocycles. The monoisotopic (exact) mass is 525 g/mol. The molecule has 1 heterocycles. The van der Waals surface area contributed by atoms with Crippen LogP contribution in [0.1, 0.15) is 47.8 Å². The molecule has 0 atom stereocenters. The quantitative estimate of drug-likeness (QED) is 0.271. The Kier molecular flexibility index (Phi) is 7.67. The van der Waals surface area contributed by atoms with Crippen LogP contribution in [0.4, 0.5) is 10.2 Å². The van der Waals surface area contributed by atoms with Crippen LogP contribution in [-0.2, 0) is 18.6 Å². The molecule has 4 aromatic rings. The van der Waals surface area contributed by atoms with Crippen LogP contribution in [0.15, 0.2) is 72.9 Å². The molecule has 1 N–H and O–H groups in total. The van der Waals surface area contributed by atoms with Crippen molar-refractivity contribution in [2.45, 2.75) is 39.3 Å². The van der Waals surface area contributed by atoms with E-state index in [0.29, 0.717) is 12.2 Å². The summed E-state index contributed by atoms with van der Waals surface area (Å²) in [7, 11) is 0. The summed E-state index contributed by atoms with van der Waals surface area (Å²) in [4.78, 5) is 12.9. The van der Waals surface area contributed by atoms with Crippen molar-refractivity contribution in [3.63, 3.8) is 0 Å². The van der Waals surface area contributed by atoms with Crippen LogP contribution in [-0.4, -0.2) is 15.7 Å². The van der Waals surface area contributed by atoms with Crippen LogP contribution in [0.3, 0.4) is 0 Å². The van der Waals surface area contributed by atoms with E-state index in [1.54, 1.807) is 24.3 Å². The van der Waals surface area contributed by atoms with E-state index in [1.807, 2.05) is 18.2 Å². The highest BCUT2D eigenvalue weighted by Gasteiger charge is 2.16. The maximum Gasteiger partial charge on any atom is 0.256 e. The average Bonchev–Trinajstić information content (AvgIpc) is 3.18. The minimum Gasteiger partial charge on any atom is -0.489 e. The van der Waals surface area contributed by atoms with Gasteiger partial charge in [-0.25, -0.2) is 4.39 Å². The fourth-order valence-electron chi connectivity index (χ4n) is 3.61. The number of halogens is 3. The minimum absolute atomic E-state index is 0.0732. The number of rotatable bonds is 7. The highest BCUT2D eigenvalue weighted by atomic mass is 35.5. The molecule has 1 amide bonds. The molecule has 1 aromatic heterocycles. The molecule has 0 radical (unpaired) electrons. The summed E-state index contributed by atoms with van der Waals surface area (Å²) in [6.07, 6.45) is 1.51. The van der Waals surface area contributed by atoms with E-state index in [1.165, 1.54) is 28.6 Å². The van der Waals surface area contributed by atoms with E-state index in [2.05, 4.69) is 43.3 Å². The smallest absolute Gasteiger partial charge is 0.256 e. The van der Waals surface area contributed by atoms with Gasteiger partial charge in [0.15, 0.2) is 5.82 Å². The van der Waals surface area contributed by atoms with E-state index in [4.69, 9.17) is 27.9 Å². The highest BCUT2D eigenvalue weighted by Crippen LogP contribution is 2.26. The number of carbonyl (C=O) groups is 1. The standard InChI is InChI=1S/C28H26Cl2FN3O2/c1-28(2,3)20-10-12-21(13-11-20)36-17-18-6-4-7-19(14-18)27(35)32-26-24(30)16-34(33-26)15-22-23(29)8-5-9-25(22)31/h4-14,16H,15,17H2,1-3H3,(H,32,33,35). The van der Waals surface area contributed by atoms with Crippen LogP contribution in [0, 0.1) is 5.82 Å². The first kappa shape index (κ1) is 25.7. The fourth-order valence-corrected chi connectivity index (χ4v) is 4.03. The van der Waals surface area contributed by atoms with Gasteiger partial charge in [-0.3, -0.25) is 9.48 Å². The van der Waals surface area contributed by atoms with Crippen LogP contribution < -0.4 is 10.1 Å². The number of hydrogen-bond donors (Lipinski definition) is 1. The maximum atomic E-state index is 14.1. The zero-order valence-electron chi connectivity index (χ0n) is 20.2. The molecule has 0 spiro atoms. The second-order valence-electron chi connectivity index (χ2n) is 9.44. The summed E-state index contributed by atoms with van der Waals surface area (Å²) >= 11 is 12.4. The summed E-state index contributed by atoms with van der Waals surface area (Å²) in [5.41, 5.74) is 2.86. The Hall–Kier alpha value is -3.35. The van der Waals surface area contributed by atoms with E-state index < -0.39 is 5.82 Å². The topological polar surface area (TPSA) is 56.1 Å². The van der Waals surface area contributed by atoms with Gasteiger partial charge in [-0.2, -0.15) is 5.10 Å². The van der Waals surface area contributed by atoms with Gasteiger partial charge >= 0.3 is 0 Å². The van der Waals surface area contributed by atoms with Crippen LogP contribution in [0.2, 0.25) is 10.0 Å². The van der Waals surface area contributed by atoms with E-state index in [9.17, 15) is 9.18 Å².